The number of ether oxygens (including phenoxy) is 1. The molecule has 0 saturated carbocycles. The lowest BCUT2D eigenvalue weighted by atomic mass is 10.0. The van der Waals surface area contributed by atoms with Crippen molar-refractivity contribution in [1.82, 2.24) is 9.47 Å². The van der Waals surface area contributed by atoms with E-state index in [1.165, 1.54) is 19.2 Å². The Labute approximate surface area is 168 Å². The molecule has 1 aliphatic heterocycles. The van der Waals surface area contributed by atoms with Crippen LogP contribution < -0.4 is 0 Å². The van der Waals surface area contributed by atoms with Crippen LogP contribution in [0.3, 0.4) is 0 Å². The number of hydrogen-bond acceptors (Lipinski definition) is 3. The Morgan fingerprint density at radius 2 is 1.93 bits per heavy atom. The van der Waals surface area contributed by atoms with E-state index in [1.807, 2.05) is 24.0 Å². The summed E-state index contributed by atoms with van der Waals surface area (Å²) in [5.74, 6) is -0.749. The largest absolute Gasteiger partial charge is 0.465 e. The summed E-state index contributed by atoms with van der Waals surface area (Å²) < 4.78 is 20.8. The molecule has 3 aromatic rings. The molecule has 0 fully saturated rings. The predicted octanol–water partition coefficient (Wildman–Crippen LogP) is 4.02. The Kier molecular flexibility index (Phi) is 5.09. The third kappa shape index (κ3) is 3.39. The predicted molar refractivity (Wildman–Crippen MR) is 109 cm³/mol. The monoisotopic (exact) mass is 394 g/mol. The Bertz CT molecular complexity index is 1090. The molecule has 150 valence electrons. The highest BCUT2D eigenvalue weighted by atomic mass is 19.1. The molecule has 5 nitrogen and oxygen atoms in total. The fourth-order valence-corrected chi connectivity index (χ4v) is 4.09. The average molecular weight is 394 g/mol. The first-order valence-corrected chi connectivity index (χ1v) is 9.80. The maximum absolute atomic E-state index is 14.0. The summed E-state index contributed by atoms with van der Waals surface area (Å²) in [7, 11) is 1.35. The van der Waals surface area contributed by atoms with Crippen molar-refractivity contribution in [2.45, 2.75) is 26.3 Å². The van der Waals surface area contributed by atoms with Gasteiger partial charge in [-0.2, -0.15) is 0 Å². The molecule has 1 amide bonds. The molecule has 1 aliphatic rings. The van der Waals surface area contributed by atoms with E-state index >= 15 is 0 Å². The van der Waals surface area contributed by atoms with Gasteiger partial charge in [0, 0.05) is 42.7 Å². The molecule has 0 N–H and O–H groups in total. The van der Waals surface area contributed by atoms with Gasteiger partial charge < -0.3 is 14.2 Å². The van der Waals surface area contributed by atoms with Gasteiger partial charge >= 0.3 is 5.97 Å². The van der Waals surface area contributed by atoms with E-state index in [1.54, 1.807) is 18.2 Å². The number of benzene rings is 2. The number of esters is 1. The van der Waals surface area contributed by atoms with Gasteiger partial charge in [0.05, 0.1) is 18.2 Å². The quantitative estimate of drug-likeness (QED) is 0.614. The SMILES string of the molecule is CCCN1CCc2c(c3cc(F)ccc3n2Cc2ccc(C(=O)OC)cc2)C1=O. The number of amides is 1. The fraction of sp³-hybridized carbons (Fsp3) is 0.304. The van der Waals surface area contributed by atoms with Crippen LogP contribution in [0.25, 0.3) is 10.9 Å². The van der Waals surface area contributed by atoms with Crippen molar-refractivity contribution in [1.29, 1.82) is 0 Å². The second kappa shape index (κ2) is 7.70. The van der Waals surface area contributed by atoms with Gasteiger partial charge in [0.15, 0.2) is 0 Å². The highest BCUT2D eigenvalue weighted by Crippen LogP contribution is 2.32. The van der Waals surface area contributed by atoms with Gasteiger partial charge in [0.1, 0.15) is 5.82 Å². The number of rotatable bonds is 5. The van der Waals surface area contributed by atoms with Crippen LogP contribution in [0.1, 0.15) is 45.3 Å². The van der Waals surface area contributed by atoms with E-state index in [2.05, 4.69) is 4.57 Å². The number of halogens is 1. The number of fused-ring (bicyclic) bond motifs is 3. The number of methoxy groups -OCH3 is 1. The van der Waals surface area contributed by atoms with E-state index in [0.29, 0.717) is 36.1 Å². The molecule has 0 unspecified atom stereocenters. The van der Waals surface area contributed by atoms with Crippen LogP contribution >= 0.6 is 0 Å². The smallest absolute Gasteiger partial charge is 0.337 e. The second-order valence-corrected chi connectivity index (χ2v) is 7.30. The van der Waals surface area contributed by atoms with Gasteiger partial charge in [-0.1, -0.05) is 19.1 Å². The first kappa shape index (κ1) is 19.2. The van der Waals surface area contributed by atoms with Crippen molar-refractivity contribution in [2.75, 3.05) is 20.2 Å². The minimum absolute atomic E-state index is 0.0245. The van der Waals surface area contributed by atoms with Crippen molar-refractivity contribution in [3.05, 3.63) is 70.7 Å². The molecule has 0 atom stereocenters. The highest BCUT2D eigenvalue weighted by Gasteiger charge is 2.30. The van der Waals surface area contributed by atoms with Gasteiger partial charge in [-0.3, -0.25) is 4.79 Å². The first-order valence-electron chi connectivity index (χ1n) is 9.80. The molecule has 2 heterocycles. The third-order valence-corrected chi connectivity index (χ3v) is 5.46. The number of carbonyl (C=O) groups is 2. The van der Waals surface area contributed by atoms with Gasteiger partial charge in [-0.15, -0.1) is 0 Å². The van der Waals surface area contributed by atoms with Crippen molar-refractivity contribution < 1.29 is 18.7 Å². The number of nitrogens with zero attached hydrogens (tertiary/aromatic N) is 2. The molecule has 29 heavy (non-hydrogen) atoms. The van der Waals surface area contributed by atoms with Crippen LogP contribution in [-0.4, -0.2) is 41.5 Å². The molecule has 0 radical (unpaired) electrons. The average Bonchev–Trinajstić information content (AvgIpc) is 3.03. The van der Waals surface area contributed by atoms with E-state index in [9.17, 15) is 14.0 Å². The Balaban J connectivity index is 1.77. The lowest BCUT2D eigenvalue weighted by molar-refractivity contribution is 0.0600. The van der Waals surface area contributed by atoms with Crippen LogP contribution in [-0.2, 0) is 17.7 Å². The highest BCUT2D eigenvalue weighted by molar-refractivity contribution is 6.09. The topological polar surface area (TPSA) is 51.5 Å². The van der Waals surface area contributed by atoms with Gasteiger partial charge in [-0.25, -0.2) is 9.18 Å². The van der Waals surface area contributed by atoms with Crippen molar-refractivity contribution in [2.24, 2.45) is 0 Å². The van der Waals surface area contributed by atoms with Crippen molar-refractivity contribution in [3.8, 4) is 0 Å². The lowest BCUT2D eigenvalue weighted by Gasteiger charge is -2.27. The summed E-state index contributed by atoms with van der Waals surface area (Å²) in [4.78, 5) is 26.6. The molecule has 1 aromatic heterocycles. The molecule has 6 heteroatoms. The fourth-order valence-electron chi connectivity index (χ4n) is 4.09. The van der Waals surface area contributed by atoms with Crippen LogP contribution in [0.5, 0.6) is 0 Å². The van der Waals surface area contributed by atoms with E-state index in [4.69, 9.17) is 4.74 Å². The molecular weight excluding hydrogens is 371 g/mol. The molecule has 0 saturated heterocycles. The van der Waals surface area contributed by atoms with Crippen LogP contribution in [0.4, 0.5) is 4.39 Å². The van der Waals surface area contributed by atoms with E-state index < -0.39 is 0 Å². The molecule has 0 bridgehead atoms. The molecule has 2 aromatic carbocycles. The molecular formula is C23H23FN2O3. The molecule has 4 rings (SSSR count). The summed E-state index contributed by atoms with van der Waals surface area (Å²) >= 11 is 0. The summed E-state index contributed by atoms with van der Waals surface area (Å²) in [5, 5.41) is 0.664. The Hall–Kier alpha value is -3.15. The maximum atomic E-state index is 14.0. The van der Waals surface area contributed by atoms with E-state index in [0.717, 1.165) is 29.6 Å². The van der Waals surface area contributed by atoms with E-state index in [-0.39, 0.29) is 17.7 Å². The molecule has 0 aliphatic carbocycles. The van der Waals surface area contributed by atoms with Gasteiger partial charge in [-0.05, 0) is 42.3 Å². The maximum Gasteiger partial charge on any atom is 0.337 e. The minimum Gasteiger partial charge on any atom is -0.465 e. The second-order valence-electron chi connectivity index (χ2n) is 7.30. The zero-order valence-electron chi connectivity index (χ0n) is 16.6. The van der Waals surface area contributed by atoms with Crippen molar-refractivity contribution >= 4 is 22.8 Å². The minimum atomic E-state index is -0.377. The number of aromatic nitrogens is 1. The normalized spacial score (nSPS) is 13.6. The Morgan fingerprint density at radius 3 is 2.62 bits per heavy atom. The number of carbonyl (C=O) groups excluding carboxylic acids is 2. The van der Waals surface area contributed by atoms with Crippen LogP contribution in [0.15, 0.2) is 42.5 Å². The van der Waals surface area contributed by atoms with Gasteiger partial charge in [0.2, 0.25) is 0 Å². The summed E-state index contributed by atoms with van der Waals surface area (Å²) in [5.41, 5.74) is 3.89. The lowest BCUT2D eigenvalue weighted by Crippen LogP contribution is -2.38. The van der Waals surface area contributed by atoms with Crippen LogP contribution in [0.2, 0.25) is 0 Å². The first-order chi connectivity index (χ1) is 14.0. The Morgan fingerprint density at radius 1 is 1.17 bits per heavy atom. The standard InChI is InChI=1S/C23H23FN2O3/c1-3-11-25-12-10-20-21(22(25)27)18-13-17(24)8-9-19(18)26(20)14-15-4-6-16(7-5-15)23(28)29-2/h4-9,13H,3,10-12,14H2,1-2H3. The summed E-state index contributed by atoms with van der Waals surface area (Å²) in [6, 6.07) is 11.8. The van der Waals surface area contributed by atoms with Crippen LogP contribution in [0, 0.1) is 5.82 Å². The molecule has 0 spiro atoms. The summed E-state index contributed by atoms with van der Waals surface area (Å²) in [6.07, 6.45) is 1.62. The third-order valence-electron chi connectivity index (χ3n) is 5.46. The number of hydrogen-bond donors (Lipinski definition) is 0. The van der Waals surface area contributed by atoms with Crippen molar-refractivity contribution in [3.63, 3.8) is 0 Å². The summed E-state index contributed by atoms with van der Waals surface area (Å²) in [6.45, 7) is 3.96. The zero-order chi connectivity index (χ0) is 20.5. The zero-order valence-corrected chi connectivity index (χ0v) is 16.6. The van der Waals surface area contributed by atoms with Gasteiger partial charge in [0.25, 0.3) is 5.91 Å².